The highest BCUT2D eigenvalue weighted by Crippen LogP contribution is 2.29. The summed E-state index contributed by atoms with van der Waals surface area (Å²) in [5.41, 5.74) is 3.58. The van der Waals surface area contributed by atoms with E-state index in [4.69, 9.17) is 16.3 Å². The maximum Gasteiger partial charge on any atom is 0.108 e. The lowest BCUT2D eigenvalue weighted by molar-refractivity contribution is 0.0907. The van der Waals surface area contributed by atoms with Crippen molar-refractivity contribution in [2.75, 3.05) is 13.7 Å². The van der Waals surface area contributed by atoms with Crippen molar-refractivity contribution in [1.29, 1.82) is 0 Å². The fourth-order valence-electron chi connectivity index (χ4n) is 2.31. The zero-order chi connectivity index (χ0) is 14.4. The molecular weight excluding hydrogens is 270 g/mol. The summed E-state index contributed by atoms with van der Waals surface area (Å²) in [6.45, 7) is 3.51. The van der Waals surface area contributed by atoms with E-state index in [9.17, 15) is 0 Å². The molecule has 0 aliphatic carbocycles. The molecule has 0 aliphatic heterocycles. The van der Waals surface area contributed by atoms with Crippen LogP contribution in [-0.4, -0.2) is 13.7 Å². The second-order valence-electron chi connectivity index (χ2n) is 4.62. The Balaban J connectivity index is 2.40. The van der Waals surface area contributed by atoms with Gasteiger partial charge in [-0.1, -0.05) is 48.0 Å². The fraction of sp³-hybridized carbons (Fsp3) is 0.294. The number of ether oxygens (including phenoxy) is 1. The Morgan fingerprint density at radius 3 is 2.45 bits per heavy atom. The molecule has 106 valence electrons. The first kappa shape index (κ1) is 15.0. The van der Waals surface area contributed by atoms with Gasteiger partial charge in [-0.25, -0.2) is 0 Å². The number of hydrogen-bond acceptors (Lipinski definition) is 2. The standard InChI is InChI=1S/C17H20ClNO/c1-3-20-17(13-8-10-15(18)11-9-13)16-7-5-4-6-14(16)12-19-2/h4-11,17,19H,3,12H2,1-2H3/t17-/m1/s1. The van der Waals surface area contributed by atoms with E-state index >= 15 is 0 Å². The van der Waals surface area contributed by atoms with E-state index in [2.05, 4.69) is 29.6 Å². The Labute approximate surface area is 125 Å². The van der Waals surface area contributed by atoms with Gasteiger partial charge in [0, 0.05) is 18.2 Å². The van der Waals surface area contributed by atoms with Crippen LogP contribution in [0.3, 0.4) is 0 Å². The third-order valence-corrected chi connectivity index (χ3v) is 3.46. The van der Waals surface area contributed by atoms with Crippen LogP contribution in [0.1, 0.15) is 29.7 Å². The third-order valence-electron chi connectivity index (χ3n) is 3.21. The summed E-state index contributed by atoms with van der Waals surface area (Å²) in [6.07, 6.45) is -0.0539. The zero-order valence-corrected chi connectivity index (χ0v) is 12.7. The van der Waals surface area contributed by atoms with Crippen molar-refractivity contribution in [3.8, 4) is 0 Å². The van der Waals surface area contributed by atoms with E-state index < -0.39 is 0 Å². The molecule has 0 spiro atoms. The van der Waals surface area contributed by atoms with E-state index in [0.29, 0.717) is 6.61 Å². The normalized spacial score (nSPS) is 12.3. The highest BCUT2D eigenvalue weighted by Gasteiger charge is 2.17. The maximum absolute atomic E-state index is 5.97. The maximum atomic E-state index is 5.97. The van der Waals surface area contributed by atoms with Gasteiger partial charge in [0.25, 0.3) is 0 Å². The van der Waals surface area contributed by atoms with Gasteiger partial charge in [0.2, 0.25) is 0 Å². The average Bonchev–Trinajstić information content (AvgIpc) is 2.47. The van der Waals surface area contributed by atoms with Gasteiger partial charge in [-0.05, 0) is 42.8 Å². The molecule has 2 rings (SSSR count). The summed E-state index contributed by atoms with van der Waals surface area (Å²) in [5, 5.41) is 3.95. The van der Waals surface area contributed by atoms with Crippen LogP contribution in [0.4, 0.5) is 0 Å². The molecule has 0 unspecified atom stereocenters. The Morgan fingerprint density at radius 2 is 1.80 bits per heavy atom. The van der Waals surface area contributed by atoms with Crippen molar-refractivity contribution in [3.05, 3.63) is 70.2 Å². The monoisotopic (exact) mass is 289 g/mol. The molecule has 2 nitrogen and oxygen atoms in total. The van der Waals surface area contributed by atoms with Crippen LogP contribution in [-0.2, 0) is 11.3 Å². The molecule has 0 saturated heterocycles. The van der Waals surface area contributed by atoms with Gasteiger partial charge in [0.15, 0.2) is 0 Å². The van der Waals surface area contributed by atoms with E-state index in [0.717, 1.165) is 17.1 Å². The molecule has 2 aromatic carbocycles. The molecule has 0 saturated carbocycles. The number of rotatable bonds is 6. The van der Waals surface area contributed by atoms with Gasteiger partial charge in [-0.2, -0.15) is 0 Å². The van der Waals surface area contributed by atoms with Crippen molar-refractivity contribution in [2.24, 2.45) is 0 Å². The van der Waals surface area contributed by atoms with Crippen molar-refractivity contribution in [3.63, 3.8) is 0 Å². The largest absolute Gasteiger partial charge is 0.369 e. The van der Waals surface area contributed by atoms with Crippen LogP contribution < -0.4 is 5.32 Å². The Bertz CT molecular complexity index is 539. The fourth-order valence-corrected chi connectivity index (χ4v) is 2.44. The Hall–Kier alpha value is -1.35. The second-order valence-corrected chi connectivity index (χ2v) is 5.05. The molecule has 20 heavy (non-hydrogen) atoms. The molecule has 0 bridgehead atoms. The summed E-state index contributed by atoms with van der Waals surface area (Å²) in [6, 6.07) is 16.2. The quantitative estimate of drug-likeness (QED) is 0.861. The summed E-state index contributed by atoms with van der Waals surface area (Å²) in [4.78, 5) is 0. The minimum atomic E-state index is -0.0539. The molecule has 0 amide bonds. The summed E-state index contributed by atoms with van der Waals surface area (Å²) in [5.74, 6) is 0. The second kappa shape index (κ2) is 7.44. The molecule has 0 fully saturated rings. The molecule has 1 N–H and O–H groups in total. The van der Waals surface area contributed by atoms with Crippen molar-refractivity contribution in [1.82, 2.24) is 5.32 Å². The lowest BCUT2D eigenvalue weighted by atomic mass is 9.96. The molecule has 2 aromatic rings. The highest BCUT2D eigenvalue weighted by molar-refractivity contribution is 6.30. The van der Waals surface area contributed by atoms with Gasteiger partial charge < -0.3 is 10.1 Å². The van der Waals surface area contributed by atoms with Crippen molar-refractivity contribution < 1.29 is 4.74 Å². The molecule has 1 atom stereocenters. The van der Waals surface area contributed by atoms with Crippen LogP contribution in [0.15, 0.2) is 48.5 Å². The van der Waals surface area contributed by atoms with Gasteiger partial charge in [0.05, 0.1) is 0 Å². The lowest BCUT2D eigenvalue weighted by Crippen LogP contribution is -2.13. The highest BCUT2D eigenvalue weighted by atomic mass is 35.5. The summed E-state index contributed by atoms with van der Waals surface area (Å²) >= 11 is 5.97. The zero-order valence-electron chi connectivity index (χ0n) is 11.9. The van der Waals surface area contributed by atoms with Crippen molar-refractivity contribution in [2.45, 2.75) is 19.6 Å². The smallest absolute Gasteiger partial charge is 0.108 e. The van der Waals surface area contributed by atoms with Crippen LogP contribution in [0.2, 0.25) is 5.02 Å². The lowest BCUT2D eigenvalue weighted by Gasteiger charge is -2.21. The SMILES string of the molecule is CCO[C@H](c1ccc(Cl)cc1)c1ccccc1CNC. The van der Waals surface area contributed by atoms with Gasteiger partial charge in [0.1, 0.15) is 6.10 Å². The van der Waals surface area contributed by atoms with E-state index in [1.807, 2.05) is 38.2 Å². The van der Waals surface area contributed by atoms with E-state index in [1.54, 1.807) is 0 Å². The molecule has 3 heteroatoms. The minimum Gasteiger partial charge on any atom is -0.369 e. The Morgan fingerprint density at radius 1 is 1.10 bits per heavy atom. The first-order valence-corrected chi connectivity index (χ1v) is 7.23. The first-order chi connectivity index (χ1) is 9.76. The van der Waals surface area contributed by atoms with Crippen LogP contribution >= 0.6 is 11.6 Å². The van der Waals surface area contributed by atoms with Crippen LogP contribution in [0.5, 0.6) is 0 Å². The van der Waals surface area contributed by atoms with E-state index in [1.165, 1.54) is 11.1 Å². The molecule has 0 heterocycles. The predicted octanol–water partition coefficient (Wildman–Crippen LogP) is 4.19. The van der Waals surface area contributed by atoms with E-state index in [-0.39, 0.29) is 6.10 Å². The van der Waals surface area contributed by atoms with Gasteiger partial charge in [-0.15, -0.1) is 0 Å². The third kappa shape index (κ3) is 3.60. The minimum absolute atomic E-state index is 0.0539. The molecule has 0 radical (unpaired) electrons. The molecule has 0 aromatic heterocycles. The van der Waals surface area contributed by atoms with Crippen LogP contribution in [0, 0.1) is 0 Å². The van der Waals surface area contributed by atoms with Crippen LogP contribution in [0.25, 0.3) is 0 Å². The predicted molar refractivity (Wildman–Crippen MR) is 84.1 cm³/mol. The number of hydrogen-bond donors (Lipinski definition) is 1. The van der Waals surface area contributed by atoms with Crippen molar-refractivity contribution >= 4 is 11.6 Å². The topological polar surface area (TPSA) is 21.3 Å². The number of benzene rings is 2. The Kier molecular flexibility index (Phi) is 5.60. The molecular formula is C17H20ClNO. The van der Waals surface area contributed by atoms with Gasteiger partial charge in [-0.3, -0.25) is 0 Å². The first-order valence-electron chi connectivity index (χ1n) is 6.85. The van der Waals surface area contributed by atoms with Gasteiger partial charge >= 0.3 is 0 Å². The molecule has 0 aliphatic rings. The number of nitrogens with one attached hydrogen (secondary N) is 1. The average molecular weight is 290 g/mol. The summed E-state index contributed by atoms with van der Waals surface area (Å²) < 4.78 is 5.97. The summed E-state index contributed by atoms with van der Waals surface area (Å²) in [7, 11) is 1.95. The number of halogens is 1.